The molecule has 4 rings (SSSR count). The Hall–Kier alpha value is -2.86. The Morgan fingerprint density at radius 1 is 1.06 bits per heavy atom. The van der Waals surface area contributed by atoms with Gasteiger partial charge in [-0.2, -0.15) is 8.42 Å². The summed E-state index contributed by atoms with van der Waals surface area (Å²) in [6.07, 6.45) is 0.604. The van der Waals surface area contributed by atoms with Gasteiger partial charge in [-0.05, 0) is 31.0 Å². The Bertz CT molecular complexity index is 1250. The molecule has 0 aliphatic carbocycles. The first kappa shape index (κ1) is 21.4. The van der Waals surface area contributed by atoms with E-state index in [4.69, 9.17) is 9.54 Å². The minimum Gasteiger partial charge on any atom is -0.350 e. The Balaban J connectivity index is 1.58. The fourth-order valence-electron chi connectivity index (χ4n) is 2.99. The number of rotatable bonds is 8. The third kappa shape index (κ3) is 5.85. The second kappa shape index (κ2) is 9.10. The zero-order chi connectivity index (χ0) is 21.8. The fourth-order valence-corrected chi connectivity index (χ4v) is 4.94. The van der Waals surface area contributed by atoms with Crippen molar-refractivity contribution in [1.82, 2.24) is 15.2 Å². The number of aromatic nitrogens is 3. The molecule has 2 heterocycles. The van der Waals surface area contributed by atoms with Crippen LogP contribution in [0.15, 0.2) is 60.0 Å². The summed E-state index contributed by atoms with van der Waals surface area (Å²) in [7, 11) is -4.30. The van der Waals surface area contributed by atoms with Gasteiger partial charge in [0.1, 0.15) is 10.0 Å². The molecule has 160 valence electrons. The highest BCUT2D eigenvalue weighted by molar-refractivity contribution is 7.87. The monoisotopic (exact) mass is 473 g/mol. The van der Waals surface area contributed by atoms with Crippen LogP contribution < -0.4 is 10.0 Å². The molecule has 0 saturated heterocycles. The molecule has 0 fully saturated rings. The standard InChI is InChI=1S/C20H19N5O3S3/c1-13-23-24-20(30-13)22-17(11-14-7-9-16(10-8-14)25-31(26,27)28)19-21-18(12-29-19)15-5-3-2-4-6-15/h2-10,12,17,25H,11H2,1H3,(H,22,24)(H,26,27,28)/t17-/m0/s1. The summed E-state index contributed by atoms with van der Waals surface area (Å²) in [5, 5.41) is 16.2. The van der Waals surface area contributed by atoms with Crippen LogP contribution in [0.25, 0.3) is 11.3 Å². The molecule has 0 saturated carbocycles. The molecule has 11 heteroatoms. The van der Waals surface area contributed by atoms with E-state index in [1.54, 1.807) is 35.6 Å². The predicted octanol–water partition coefficient (Wildman–Crippen LogP) is 4.58. The van der Waals surface area contributed by atoms with Gasteiger partial charge in [0.05, 0.1) is 17.4 Å². The topological polar surface area (TPSA) is 117 Å². The Morgan fingerprint density at radius 2 is 1.81 bits per heavy atom. The number of hydrogen-bond donors (Lipinski definition) is 3. The van der Waals surface area contributed by atoms with E-state index in [9.17, 15) is 8.42 Å². The van der Waals surface area contributed by atoms with E-state index in [0.29, 0.717) is 11.6 Å². The lowest BCUT2D eigenvalue weighted by molar-refractivity contribution is 0.489. The second-order valence-electron chi connectivity index (χ2n) is 6.74. The molecule has 0 amide bonds. The van der Waals surface area contributed by atoms with Crippen molar-refractivity contribution in [2.45, 2.75) is 19.4 Å². The zero-order valence-electron chi connectivity index (χ0n) is 16.4. The minimum atomic E-state index is -4.30. The molecule has 2 aromatic carbocycles. The highest BCUT2D eigenvalue weighted by Gasteiger charge is 2.19. The molecule has 8 nitrogen and oxygen atoms in total. The lowest BCUT2D eigenvalue weighted by atomic mass is 10.1. The van der Waals surface area contributed by atoms with Gasteiger partial charge in [0.2, 0.25) is 5.13 Å². The number of thiazole rings is 1. The number of benzene rings is 2. The minimum absolute atomic E-state index is 0.143. The fraction of sp³-hybridized carbons (Fsp3) is 0.150. The predicted molar refractivity (Wildman–Crippen MR) is 124 cm³/mol. The molecule has 0 bridgehead atoms. The molecule has 31 heavy (non-hydrogen) atoms. The van der Waals surface area contributed by atoms with Gasteiger partial charge in [-0.1, -0.05) is 53.8 Å². The first-order valence-electron chi connectivity index (χ1n) is 9.27. The molecule has 4 aromatic rings. The Labute approximate surface area is 187 Å². The first-order valence-corrected chi connectivity index (χ1v) is 12.4. The van der Waals surface area contributed by atoms with Gasteiger partial charge in [0.15, 0.2) is 0 Å². The van der Waals surface area contributed by atoms with Crippen LogP contribution in [0.3, 0.4) is 0 Å². The van der Waals surface area contributed by atoms with Crippen molar-refractivity contribution in [3.05, 3.63) is 75.6 Å². The molecule has 1 atom stereocenters. The van der Waals surface area contributed by atoms with Gasteiger partial charge in [-0.3, -0.25) is 9.27 Å². The van der Waals surface area contributed by atoms with E-state index in [1.807, 2.05) is 47.4 Å². The van der Waals surface area contributed by atoms with Gasteiger partial charge in [0.25, 0.3) is 0 Å². The molecule has 0 spiro atoms. The molecule has 0 aliphatic heterocycles. The van der Waals surface area contributed by atoms with E-state index in [2.05, 4.69) is 15.5 Å². The molecule has 2 aromatic heterocycles. The Morgan fingerprint density at radius 3 is 2.45 bits per heavy atom. The lowest BCUT2D eigenvalue weighted by Gasteiger charge is -2.16. The molecule has 0 radical (unpaired) electrons. The van der Waals surface area contributed by atoms with Crippen LogP contribution in [0.2, 0.25) is 0 Å². The average molecular weight is 474 g/mol. The number of nitrogens with zero attached hydrogens (tertiary/aromatic N) is 3. The van der Waals surface area contributed by atoms with Crippen molar-refractivity contribution >= 4 is 43.8 Å². The SMILES string of the molecule is Cc1nnc(N[C@@H](Cc2ccc(NS(=O)(=O)O)cc2)c2nc(-c3ccccc3)cs2)s1. The van der Waals surface area contributed by atoms with Crippen LogP contribution in [0, 0.1) is 6.92 Å². The van der Waals surface area contributed by atoms with E-state index in [1.165, 1.54) is 11.3 Å². The maximum absolute atomic E-state index is 11.0. The molecule has 0 unspecified atom stereocenters. The van der Waals surface area contributed by atoms with Crippen LogP contribution >= 0.6 is 22.7 Å². The van der Waals surface area contributed by atoms with Gasteiger partial charge >= 0.3 is 10.3 Å². The van der Waals surface area contributed by atoms with Crippen molar-refractivity contribution in [2.24, 2.45) is 0 Å². The van der Waals surface area contributed by atoms with Gasteiger partial charge in [0, 0.05) is 10.9 Å². The van der Waals surface area contributed by atoms with Gasteiger partial charge < -0.3 is 5.32 Å². The second-order valence-corrected chi connectivity index (χ2v) is 9.96. The molecule has 3 N–H and O–H groups in total. The summed E-state index contributed by atoms with van der Waals surface area (Å²) in [6, 6.07) is 16.7. The first-order chi connectivity index (χ1) is 14.9. The highest BCUT2D eigenvalue weighted by Crippen LogP contribution is 2.31. The van der Waals surface area contributed by atoms with Crippen molar-refractivity contribution < 1.29 is 13.0 Å². The number of aryl methyl sites for hydroxylation is 1. The Kier molecular flexibility index (Phi) is 6.28. The van der Waals surface area contributed by atoms with Crippen molar-refractivity contribution in [1.29, 1.82) is 0 Å². The number of anilines is 2. The average Bonchev–Trinajstić information content (AvgIpc) is 3.38. The summed E-state index contributed by atoms with van der Waals surface area (Å²) < 4.78 is 32.9. The number of hydrogen-bond acceptors (Lipinski definition) is 8. The van der Waals surface area contributed by atoms with E-state index >= 15 is 0 Å². The normalized spacial score (nSPS) is 12.5. The molecular formula is C20H19N5O3S3. The van der Waals surface area contributed by atoms with Crippen LogP contribution in [0.5, 0.6) is 0 Å². The summed E-state index contributed by atoms with van der Waals surface area (Å²) in [5.74, 6) is 0. The van der Waals surface area contributed by atoms with Crippen LogP contribution in [-0.2, 0) is 16.7 Å². The summed E-state index contributed by atoms with van der Waals surface area (Å²) >= 11 is 3.04. The third-order valence-electron chi connectivity index (χ3n) is 4.35. The highest BCUT2D eigenvalue weighted by atomic mass is 32.2. The van der Waals surface area contributed by atoms with E-state index in [-0.39, 0.29) is 11.7 Å². The number of nitrogens with one attached hydrogen (secondary N) is 2. The summed E-state index contributed by atoms with van der Waals surface area (Å²) in [4.78, 5) is 4.83. The summed E-state index contributed by atoms with van der Waals surface area (Å²) in [5.41, 5.74) is 3.22. The van der Waals surface area contributed by atoms with E-state index < -0.39 is 10.3 Å². The smallest absolute Gasteiger partial charge is 0.350 e. The summed E-state index contributed by atoms with van der Waals surface area (Å²) in [6.45, 7) is 1.90. The van der Waals surface area contributed by atoms with Crippen molar-refractivity contribution in [3.63, 3.8) is 0 Å². The largest absolute Gasteiger partial charge is 0.357 e. The van der Waals surface area contributed by atoms with Gasteiger partial charge in [-0.25, -0.2) is 4.98 Å². The van der Waals surface area contributed by atoms with Gasteiger partial charge in [-0.15, -0.1) is 21.5 Å². The zero-order valence-corrected chi connectivity index (χ0v) is 18.8. The third-order valence-corrected chi connectivity index (χ3v) is 6.58. The maximum Gasteiger partial charge on any atom is 0.357 e. The van der Waals surface area contributed by atoms with Crippen LogP contribution in [0.4, 0.5) is 10.8 Å². The van der Waals surface area contributed by atoms with E-state index in [0.717, 1.165) is 26.8 Å². The molecular weight excluding hydrogens is 454 g/mol. The quantitative estimate of drug-likeness (QED) is 0.321. The van der Waals surface area contributed by atoms with Crippen LogP contribution in [0.1, 0.15) is 21.6 Å². The van der Waals surface area contributed by atoms with Crippen LogP contribution in [-0.4, -0.2) is 28.2 Å². The molecule has 0 aliphatic rings. The van der Waals surface area contributed by atoms with Crippen molar-refractivity contribution in [2.75, 3.05) is 10.0 Å². The maximum atomic E-state index is 11.0. The van der Waals surface area contributed by atoms with Crippen molar-refractivity contribution in [3.8, 4) is 11.3 Å². The lowest BCUT2D eigenvalue weighted by Crippen LogP contribution is -2.14.